The van der Waals surface area contributed by atoms with Gasteiger partial charge in [0.15, 0.2) is 0 Å². The maximum absolute atomic E-state index is 12.1. The summed E-state index contributed by atoms with van der Waals surface area (Å²) in [6, 6.07) is 3.64. The number of aromatic carboxylic acids is 1. The second-order valence-corrected chi connectivity index (χ2v) is 6.03. The zero-order valence-corrected chi connectivity index (χ0v) is 11.9. The molecule has 1 saturated heterocycles. The first kappa shape index (κ1) is 14.0. The van der Waals surface area contributed by atoms with Crippen LogP contribution >= 0.6 is 11.3 Å². The second-order valence-electron chi connectivity index (χ2n) is 4.95. The van der Waals surface area contributed by atoms with E-state index >= 15 is 0 Å². The van der Waals surface area contributed by atoms with Crippen LogP contribution in [0.4, 0.5) is 0 Å². The normalized spacial score (nSPS) is 24.1. The molecule has 1 aliphatic heterocycles. The number of carboxylic acids is 1. The minimum atomic E-state index is -0.997. The molecular weight excluding hydrogens is 264 g/mol. The molecule has 0 aromatic carbocycles. The van der Waals surface area contributed by atoms with Crippen molar-refractivity contribution in [3.8, 4) is 0 Å². The van der Waals surface area contributed by atoms with Gasteiger partial charge in [-0.05, 0) is 38.8 Å². The van der Waals surface area contributed by atoms with E-state index in [0.717, 1.165) is 24.2 Å². The number of carbonyl (C=O) groups is 2. The van der Waals surface area contributed by atoms with E-state index in [1.165, 1.54) is 12.5 Å². The number of rotatable bonds is 3. The fraction of sp³-hybridized carbons (Fsp3) is 0.538. The first-order valence-corrected chi connectivity index (χ1v) is 7.23. The smallest absolute Gasteiger partial charge is 0.345 e. The Kier molecular flexibility index (Phi) is 4.21. The number of nitrogens with one attached hydrogen (secondary N) is 1. The largest absolute Gasteiger partial charge is 0.477 e. The third kappa shape index (κ3) is 3.13. The van der Waals surface area contributed by atoms with Crippen molar-refractivity contribution in [1.29, 1.82) is 0 Å². The van der Waals surface area contributed by atoms with Gasteiger partial charge in [0.2, 0.25) is 0 Å². The van der Waals surface area contributed by atoms with E-state index in [-0.39, 0.29) is 10.8 Å². The number of hydrogen-bond acceptors (Lipinski definition) is 4. The number of carboxylic acid groups (broad SMARTS) is 1. The lowest BCUT2D eigenvalue weighted by atomic mass is 10.00. The molecule has 0 aliphatic carbocycles. The average molecular weight is 282 g/mol. The predicted octanol–water partition coefficient (Wildman–Crippen LogP) is 2.35. The molecule has 2 unspecified atom stereocenters. The lowest BCUT2D eigenvalue weighted by Gasteiger charge is -2.38. The molecule has 19 heavy (non-hydrogen) atoms. The molecule has 2 rings (SSSR count). The minimum Gasteiger partial charge on any atom is -0.477 e. The Morgan fingerprint density at radius 3 is 2.37 bits per heavy atom. The number of nitrogens with zero attached hydrogens (tertiary/aromatic N) is 1. The van der Waals surface area contributed by atoms with E-state index in [2.05, 4.69) is 19.3 Å². The summed E-state index contributed by atoms with van der Waals surface area (Å²) < 4.78 is 0. The van der Waals surface area contributed by atoms with E-state index in [1.807, 2.05) is 5.01 Å². The molecule has 1 amide bonds. The van der Waals surface area contributed by atoms with Crippen LogP contribution in [0.5, 0.6) is 0 Å². The summed E-state index contributed by atoms with van der Waals surface area (Å²) in [5, 5.41) is 10.8. The third-order valence-corrected chi connectivity index (χ3v) is 4.54. The van der Waals surface area contributed by atoms with Crippen LogP contribution in [0.1, 0.15) is 52.5 Å². The average Bonchev–Trinajstić information content (AvgIpc) is 2.83. The second kappa shape index (κ2) is 5.71. The molecule has 1 aromatic rings. The molecule has 2 atom stereocenters. The molecule has 1 aliphatic rings. The maximum atomic E-state index is 12.1. The molecule has 1 fully saturated rings. The number of thiophene rings is 1. The summed E-state index contributed by atoms with van der Waals surface area (Å²) in [6.07, 6.45) is 3.31. The van der Waals surface area contributed by atoms with Crippen molar-refractivity contribution in [3.05, 3.63) is 21.9 Å². The number of carbonyl (C=O) groups excluding carboxylic acids is 1. The zero-order chi connectivity index (χ0) is 14.0. The van der Waals surface area contributed by atoms with Crippen LogP contribution in [0.3, 0.4) is 0 Å². The summed E-state index contributed by atoms with van der Waals surface area (Å²) in [6.45, 7) is 4.18. The predicted molar refractivity (Wildman–Crippen MR) is 73.4 cm³/mol. The molecule has 6 heteroatoms. The Labute approximate surface area is 116 Å². The number of amides is 1. The van der Waals surface area contributed by atoms with E-state index in [0.29, 0.717) is 17.0 Å². The number of hydrazine groups is 1. The Hall–Kier alpha value is -1.40. The Morgan fingerprint density at radius 1 is 1.26 bits per heavy atom. The fourth-order valence-electron chi connectivity index (χ4n) is 2.39. The van der Waals surface area contributed by atoms with Gasteiger partial charge >= 0.3 is 5.97 Å². The molecule has 104 valence electrons. The first-order chi connectivity index (χ1) is 8.99. The van der Waals surface area contributed by atoms with Gasteiger partial charge in [0.1, 0.15) is 4.88 Å². The van der Waals surface area contributed by atoms with E-state index in [4.69, 9.17) is 5.11 Å². The highest BCUT2D eigenvalue weighted by Gasteiger charge is 2.26. The van der Waals surface area contributed by atoms with E-state index in [9.17, 15) is 9.59 Å². The molecule has 0 spiro atoms. The van der Waals surface area contributed by atoms with Crippen molar-refractivity contribution in [2.75, 3.05) is 0 Å². The van der Waals surface area contributed by atoms with Crippen LogP contribution in [-0.4, -0.2) is 34.1 Å². The van der Waals surface area contributed by atoms with Gasteiger partial charge in [0.25, 0.3) is 5.91 Å². The highest BCUT2D eigenvalue weighted by molar-refractivity contribution is 7.15. The number of hydrogen-bond donors (Lipinski definition) is 2. The van der Waals surface area contributed by atoms with E-state index in [1.54, 1.807) is 6.07 Å². The van der Waals surface area contributed by atoms with Crippen molar-refractivity contribution in [3.63, 3.8) is 0 Å². The van der Waals surface area contributed by atoms with Gasteiger partial charge in [-0.15, -0.1) is 11.3 Å². The summed E-state index contributed by atoms with van der Waals surface area (Å²) >= 11 is 1.00. The molecule has 0 saturated carbocycles. The SMILES string of the molecule is CC1CCCC(C)N1NC(=O)c1ccc(C(=O)O)s1. The van der Waals surface area contributed by atoms with Crippen molar-refractivity contribution in [2.45, 2.75) is 45.2 Å². The monoisotopic (exact) mass is 282 g/mol. The van der Waals surface area contributed by atoms with Gasteiger partial charge in [0, 0.05) is 12.1 Å². The van der Waals surface area contributed by atoms with Gasteiger partial charge in [-0.25, -0.2) is 9.80 Å². The Morgan fingerprint density at radius 2 is 1.84 bits per heavy atom. The highest BCUT2D eigenvalue weighted by atomic mass is 32.1. The fourth-order valence-corrected chi connectivity index (χ4v) is 3.12. The lowest BCUT2D eigenvalue weighted by Crippen LogP contribution is -2.53. The molecular formula is C13H18N2O3S. The molecule has 0 bridgehead atoms. The highest BCUT2D eigenvalue weighted by Crippen LogP contribution is 2.22. The molecule has 2 heterocycles. The quantitative estimate of drug-likeness (QED) is 0.893. The minimum absolute atomic E-state index is 0.185. The van der Waals surface area contributed by atoms with Gasteiger partial charge < -0.3 is 5.11 Å². The summed E-state index contributed by atoms with van der Waals surface area (Å²) in [7, 11) is 0. The van der Waals surface area contributed by atoms with Gasteiger partial charge in [-0.1, -0.05) is 6.42 Å². The van der Waals surface area contributed by atoms with Crippen LogP contribution in [0.2, 0.25) is 0 Å². The lowest BCUT2D eigenvalue weighted by molar-refractivity contribution is 0.0373. The van der Waals surface area contributed by atoms with Crippen LogP contribution < -0.4 is 5.43 Å². The number of piperidine rings is 1. The van der Waals surface area contributed by atoms with Crippen LogP contribution in [0.15, 0.2) is 12.1 Å². The first-order valence-electron chi connectivity index (χ1n) is 6.41. The standard InChI is InChI=1S/C13H18N2O3S/c1-8-4-3-5-9(2)15(8)14-12(16)10-6-7-11(19-10)13(17)18/h6-9H,3-5H2,1-2H3,(H,14,16)(H,17,18). The van der Waals surface area contributed by atoms with Gasteiger partial charge in [-0.3, -0.25) is 10.2 Å². The van der Waals surface area contributed by atoms with Crippen LogP contribution in [-0.2, 0) is 0 Å². The van der Waals surface area contributed by atoms with Crippen LogP contribution in [0, 0.1) is 0 Å². The summed E-state index contributed by atoms with van der Waals surface area (Å²) in [5.74, 6) is -1.22. The Bertz CT molecular complexity index is 476. The topological polar surface area (TPSA) is 69.6 Å². The summed E-state index contributed by atoms with van der Waals surface area (Å²) in [5.41, 5.74) is 2.90. The van der Waals surface area contributed by atoms with Gasteiger partial charge in [-0.2, -0.15) is 0 Å². The zero-order valence-electron chi connectivity index (χ0n) is 11.0. The molecule has 1 aromatic heterocycles. The Balaban J connectivity index is 2.05. The summed E-state index contributed by atoms with van der Waals surface area (Å²) in [4.78, 5) is 23.5. The molecule has 0 radical (unpaired) electrons. The van der Waals surface area contributed by atoms with Crippen molar-refractivity contribution < 1.29 is 14.7 Å². The van der Waals surface area contributed by atoms with Gasteiger partial charge in [0.05, 0.1) is 4.88 Å². The molecule has 2 N–H and O–H groups in total. The third-order valence-electron chi connectivity index (χ3n) is 3.46. The van der Waals surface area contributed by atoms with Crippen molar-refractivity contribution >= 4 is 23.2 Å². The van der Waals surface area contributed by atoms with Crippen molar-refractivity contribution in [1.82, 2.24) is 10.4 Å². The maximum Gasteiger partial charge on any atom is 0.345 e. The van der Waals surface area contributed by atoms with E-state index < -0.39 is 5.97 Å². The van der Waals surface area contributed by atoms with Crippen LogP contribution in [0.25, 0.3) is 0 Å². The molecule has 5 nitrogen and oxygen atoms in total. The van der Waals surface area contributed by atoms with Crippen molar-refractivity contribution in [2.24, 2.45) is 0 Å².